The molecule has 1 saturated heterocycles. The van der Waals surface area contributed by atoms with Crippen LogP contribution in [0.2, 0.25) is 5.15 Å². The summed E-state index contributed by atoms with van der Waals surface area (Å²) in [5.41, 5.74) is 0.791. The van der Waals surface area contributed by atoms with Crippen LogP contribution in [0.1, 0.15) is 31.4 Å². The van der Waals surface area contributed by atoms with Crippen LogP contribution in [-0.4, -0.2) is 27.3 Å². The summed E-state index contributed by atoms with van der Waals surface area (Å²) in [5.74, 6) is 0.217. The first-order chi connectivity index (χ1) is 7.75. The number of rotatable bonds is 2. The number of amides is 1. The first kappa shape index (κ1) is 11.3. The first-order valence-corrected chi connectivity index (χ1v) is 5.88. The van der Waals surface area contributed by atoms with Crippen LogP contribution in [0.5, 0.6) is 0 Å². The van der Waals surface area contributed by atoms with Gasteiger partial charge in [-0.25, -0.2) is 4.98 Å². The van der Waals surface area contributed by atoms with Gasteiger partial charge in [-0.15, -0.1) is 0 Å². The smallest absolute Gasteiger partial charge is 0.222 e. The van der Waals surface area contributed by atoms with Gasteiger partial charge in [-0.1, -0.05) is 18.0 Å². The van der Waals surface area contributed by atoms with Gasteiger partial charge in [-0.2, -0.15) is 0 Å². The Labute approximate surface area is 99.6 Å². The second-order valence-electron chi connectivity index (χ2n) is 3.96. The molecule has 1 aliphatic rings. The maximum atomic E-state index is 11.7. The van der Waals surface area contributed by atoms with E-state index in [4.69, 9.17) is 11.6 Å². The number of hydrogen-bond acceptors (Lipinski definition) is 3. The van der Waals surface area contributed by atoms with Crippen LogP contribution in [0.4, 0.5) is 0 Å². The zero-order valence-electron chi connectivity index (χ0n) is 9.03. The molecule has 1 aromatic heterocycles. The van der Waals surface area contributed by atoms with Crippen molar-refractivity contribution in [2.45, 2.75) is 32.2 Å². The van der Waals surface area contributed by atoms with Crippen molar-refractivity contribution in [3.8, 4) is 0 Å². The number of likely N-dealkylation sites (tertiary alicyclic amines) is 1. The maximum Gasteiger partial charge on any atom is 0.222 e. The van der Waals surface area contributed by atoms with E-state index >= 15 is 0 Å². The predicted octanol–water partition coefficient (Wildman–Crippen LogP) is 2.03. The van der Waals surface area contributed by atoms with Crippen molar-refractivity contribution in [2.75, 3.05) is 6.54 Å². The van der Waals surface area contributed by atoms with Crippen molar-refractivity contribution >= 4 is 17.5 Å². The molecule has 4 nitrogen and oxygen atoms in total. The molecule has 1 aromatic rings. The highest BCUT2D eigenvalue weighted by atomic mass is 35.5. The average molecular weight is 240 g/mol. The van der Waals surface area contributed by atoms with Gasteiger partial charge in [0.05, 0.1) is 24.6 Å². The van der Waals surface area contributed by atoms with E-state index < -0.39 is 0 Å². The lowest BCUT2D eigenvalue weighted by Gasteiger charge is -2.19. The number of halogens is 1. The third-order valence-corrected chi connectivity index (χ3v) is 2.89. The van der Waals surface area contributed by atoms with Crippen molar-refractivity contribution in [1.29, 1.82) is 0 Å². The summed E-state index contributed by atoms with van der Waals surface area (Å²) in [7, 11) is 0. The molecule has 0 unspecified atom stereocenters. The Hall–Kier alpha value is -1.16. The van der Waals surface area contributed by atoms with E-state index in [1.807, 2.05) is 4.90 Å². The second-order valence-corrected chi connectivity index (χ2v) is 4.34. The van der Waals surface area contributed by atoms with Crippen LogP contribution in [0.25, 0.3) is 0 Å². The van der Waals surface area contributed by atoms with E-state index in [0.717, 1.165) is 31.5 Å². The Balaban J connectivity index is 2.02. The van der Waals surface area contributed by atoms with E-state index in [1.165, 1.54) is 6.20 Å². The molecule has 86 valence electrons. The summed E-state index contributed by atoms with van der Waals surface area (Å²) < 4.78 is 0. The van der Waals surface area contributed by atoms with Gasteiger partial charge in [0.25, 0.3) is 0 Å². The molecule has 0 N–H and O–H groups in total. The highest BCUT2D eigenvalue weighted by molar-refractivity contribution is 6.29. The average Bonchev–Trinajstić information content (AvgIpc) is 2.48. The number of aromatic nitrogens is 2. The molecule has 2 rings (SSSR count). The van der Waals surface area contributed by atoms with Crippen molar-refractivity contribution in [3.05, 3.63) is 23.2 Å². The lowest BCUT2D eigenvalue weighted by molar-refractivity contribution is -0.131. The fraction of sp³-hybridized carbons (Fsp3) is 0.545. The minimum absolute atomic E-state index is 0.217. The third-order valence-electron chi connectivity index (χ3n) is 2.70. The first-order valence-electron chi connectivity index (χ1n) is 5.50. The molecular formula is C11H14ClN3O. The molecule has 0 saturated carbocycles. The van der Waals surface area contributed by atoms with Crippen molar-refractivity contribution < 1.29 is 4.79 Å². The number of carbonyl (C=O) groups is 1. The molecular weight excluding hydrogens is 226 g/mol. The zero-order chi connectivity index (χ0) is 11.4. The largest absolute Gasteiger partial charge is 0.337 e. The highest BCUT2D eigenvalue weighted by Gasteiger charge is 2.17. The highest BCUT2D eigenvalue weighted by Crippen LogP contribution is 2.13. The van der Waals surface area contributed by atoms with Crippen molar-refractivity contribution in [3.63, 3.8) is 0 Å². The molecule has 0 radical (unpaired) electrons. The molecule has 0 atom stereocenters. The minimum atomic E-state index is 0.217. The van der Waals surface area contributed by atoms with Crippen LogP contribution >= 0.6 is 11.6 Å². The SMILES string of the molecule is O=C1CCCCCN1Cc1cnc(Cl)cn1. The van der Waals surface area contributed by atoms with Gasteiger partial charge in [0, 0.05) is 13.0 Å². The summed E-state index contributed by atoms with van der Waals surface area (Å²) in [5, 5.41) is 0.381. The predicted molar refractivity (Wildman–Crippen MR) is 60.9 cm³/mol. The Morgan fingerprint density at radius 1 is 1.25 bits per heavy atom. The van der Waals surface area contributed by atoms with Gasteiger partial charge >= 0.3 is 0 Å². The van der Waals surface area contributed by atoms with Gasteiger partial charge in [0.15, 0.2) is 0 Å². The fourth-order valence-corrected chi connectivity index (χ4v) is 1.92. The number of hydrogen-bond donors (Lipinski definition) is 0. The van der Waals surface area contributed by atoms with Gasteiger partial charge in [-0.3, -0.25) is 9.78 Å². The number of nitrogens with zero attached hydrogens (tertiary/aromatic N) is 3. The maximum absolute atomic E-state index is 11.7. The molecule has 2 heterocycles. The van der Waals surface area contributed by atoms with Gasteiger partial charge < -0.3 is 4.90 Å². The van der Waals surface area contributed by atoms with E-state index in [-0.39, 0.29) is 5.91 Å². The van der Waals surface area contributed by atoms with Gasteiger partial charge in [-0.05, 0) is 12.8 Å². The second kappa shape index (κ2) is 5.25. The quantitative estimate of drug-likeness (QED) is 0.793. The molecule has 1 amide bonds. The lowest BCUT2D eigenvalue weighted by atomic mass is 10.2. The van der Waals surface area contributed by atoms with Crippen LogP contribution in [-0.2, 0) is 11.3 Å². The molecule has 5 heteroatoms. The van der Waals surface area contributed by atoms with E-state index in [2.05, 4.69) is 9.97 Å². The van der Waals surface area contributed by atoms with Crippen LogP contribution in [0.3, 0.4) is 0 Å². The summed E-state index contributed by atoms with van der Waals surface area (Å²) in [6, 6.07) is 0. The molecule has 0 aromatic carbocycles. The fourth-order valence-electron chi connectivity index (χ4n) is 1.82. The molecule has 0 aliphatic carbocycles. The van der Waals surface area contributed by atoms with E-state index in [0.29, 0.717) is 18.1 Å². The summed E-state index contributed by atoms with van der Waals surface area (Å²) >= 11 is 5.66. The monoisotopic (exact) mass is 239 g/mol. The topological polar surface area (TPSA) is 46.1 Å². The molecule has 1 fully saturated rings. The summed E-state index contributed by atoms with van der Waals surface area (Å²) in [6.45, 7) is 1.37. The van der Waals surface area contributed by atoms with Crippen LogP contribution < -0.4 is 0 Å². The summed E-state index contributed by atoms with van der Waals surface area (Å²) in [6.07, 6.45) is 7.00. The molecule has 0 spiro atoms. The molecule has 1 aliphatic heterocycles. The Bertz CT molecular complexity index is 366. The van der Waals surface area contributed by atoms with Crippen molar-refractivity contribution in [1.82, 2.24) is 14.9 Å². The third kappa shape index (κ3) is 2.92. The van der Waals surface area contributed by atoms with Crippen LogP contribution in [0.15, 0.2) is 12.4 Å². The lowest BCUT2D eigenvalue weighted by Crippen LogP contribution is -2.30. The zero-order valence-corrected chi connectivity index (χ0v) is 9.78. The Morgan fingerprint density at radius 3 is 2.88 bits per heavy atom. The van der Waals surface area contributed by atoms with E-state index in [9.17, 15) is 4.79 Å². The number of carbonyl (C=O) groups excluding carboxylic acids is 1. The van der Waals surface area contributed by atoms with Crippen molar-refractivity contribution in [2.24, 2.45) is 0 Å². The van der Waals surface area contributed by atoms with Gasteiger partial charge in [0.1, 0.15) is 5.15 Å². The summed E-state index contributed by atoms with van der Waals surface area (Å²) in [4.78, 5) is 21.7. The molecule has 0 bridgehead atoms. The van der Waals surface area contributed by atoms with E-state index in [1.54, 1.807) is 6.20 Å². The normalized spacial score (nSPS) is 17.3. The van der Waals surface area contributed by atoms with Gasteiger partial charge in [0.2, 0.25) is 5.91 Å². The minimum Gasteiger partial charge on any atom is -0.337 e. The standard InChI is InChI=1S/C11H14ClN3O/c12-10-7-13-9(6-14-10)8-15-5-3-1-2-4-11(15)16/h6-7H,1-5,8H2. The Kier molecular flexibility index (Phi) is 3.72. The van der Waals surface area contributed by atoms with Crippen LogP contribution in [0, 0.1) is 0 Å². The molecule has 16 heavy (non-hydrogen) atoms. The Morgan fingerprint density at radius 2 is 2.12 bits per heavy atom.